The fraction of sp³-hybridized carbons (Fsp3) is 0.667. The number of hydrogen-bond donors (Lipinski definition) is 0. The van der Waals surface area contributed by atoms with Crippen LogP contribution in [0.4, 0.5) is 0 Å². The minimum atomic E-state index is -0.175. The highest BCUT2D eigenvalue weighted by Gasteiger charge is 2.41. The lowest BCUT2D eigenvalue weighted by atomic mass is 9.73. The molecule has 4 heteroatoms. The summed E-state index contributed by atoms with van der Waals surface area (Å²) >= 11 is 0. The largest absolute Gasteiger partial charge is 0.368 e. The number of hydrogen-bond acceptors (Lipinski definition) is 3. The normalized spacial score (nSPS) is 26.9. The second-order valence-electron chi connectivity index (χ2n) is 8.13. The fourth-order valence-corrected chi connectivity index (χ4v) is 4.63. The van der Waals surface area contributed by atoms with E-state index in [9.17, 15) is 4.79 Å². The number of amides is 1. The lowest BCUT2D eigenvalue weighted by Crippen LogP contribution is -2.49. The van der Waals surface area contributed by atoms with Gasteiger partial charge in [0, 0.05) is 19.6 Å². The molecule has 4 rings (SSSR count). The van der Waals surface area contributed by atoms with Crippen molar-refractivity contribution in [2.24, 2.45) is 5.41 Å². The molecule has 3 fully saturated rings. The Balaban J connectivity index is 1.26. The highest BCUT2D eigenvalue weighted by Crippen LogP contribution is 2.41. The Hall–Kier alpha value is -1.39. The highest BCUT2D eigenvalue weighted by atomic mass is 16.5. The molecule has 1 atom stereocenters. The molecule has 0 aromatic heterocycles. The molecule has 1 unspecified atom stereocenters. The molecule has 3 heterocycles. The molecule has 1 aromatic rings. The number of nitrogens with zero attached hydrogens (tertiary/aromatic N) is 2. The Morgan fingerprint density at radius 1 is 1.04 bits per heavy atom. The van der Waals surface area contributed by atoms with Gasteiger partial charge in [-0.1, -0.05) is 30.3 Å². The Bertz CT molecular complexity index is 565. The van der Waals surface area contributed by atoms with E-state index in [1.54, 1.807) is 0 Å². The van der Waals surface area contributed by atoms with Crippen molar-refractivity contribution >= 4 is 5.91 Å². The first-order chi connectivity index (χ1) is 12.2. The summed E-state index contributed by atoms with van der Waals surface area (Å²) in [5.41, 5.74) is 1.71. The molecule has 25 heavy (non-hydrogen) atoms. The van der Waals surface area contributed by atoms with Gasteiger partial charge in [-0.3, -0.25) is 9.69 Å². The van der Waals surface area contributed by atoms with Crippen molar-refractivity contribution in [2.75, 3.05) is 32.8 Å². The molecule has 3 aliphatic heterocycles. The van der Waals surface area contributed by atoms with Gasteiger partial charge >= 0.3 is 0 Å². The molecule has 1 amide bonds. The van der Waals surface area contributed by atoms with Crippen LogP contribution in [0.15, 0.2) is 30.3 Å². The van der Waals surface area contributed by atoms with Crippen LogP contribution in [-0.2, 0) is 16.1 Å². The van der Waals surface area contributed by atoms with Gasteiger partial charge in [0.2, 0.25) is 0 Å². The summed E-state index contributed by atoms with van der Waals surface area (Å²) in [6.07, 6.45) is 6.59. The monoisotopic (exact) mass is 342 g/mol. The maximum Gasteiger partial charge on any atom is 0.251 e. The lowest BCUT2D eigenvalue weighted by molar-refractivity contribution is -0.154. The minimum absolute atomic E-state index is 0.175. The van der Waals surface area contributed by atoms with Gasteiger partial charge in [-0.15, -0.1) is 0 Å². The SMILES string of the molecule is O=C(C1CCC2(CCN(Cc3ccccc3)CC2)CO1)N1CCCC1. The lowest BCUT2D eigenvalue weighted by Gasteiger charge is -2.45. The third-order valence-corrected chi connectivity index (χ3v) is 6.39. The van der Waals surface area contributed by atoms with Crippen molar-refractivity contribution in [2.45, 2.75) is 51.2 Å². The smallest absolute Gasteiger partial charge is 0.251 e. The first-order valence-corrected chi connectivity index (χ1v) is 9.91. The highest BCUT2D eigenvalue weighted by molar-refractivity contribution is 5.81. The standard InChI is InChI=1S/C21H30N2O2/c24-20(23-12-4-5-13-23)19-8-9-21(17-25-19)10-14-22(15-11-21)16-18-6-2-1-3-7-18/h1-3,6-7,19H,4-5,8-17H2. The Morgan fingerprint density at radius 2 is 1.76 bits per heavy atom. The van der Waals surface area contributed by atoms with Gasteiger partial charge in [0.1, 0.15) is 6.10 Å². The summed E-state index contributed by atoms with van der Waals surface area (Å²) in [4.78, 5) is 17.1. The number of carbonyl (C=O) groups is 1. The van der Waals surface area contributed by atoms with E-state index < -0.39 is 0 Å². The predicted octanol–water partition coefficient (Wildman–Crippen LogP) is 3.07. The van der Waals surface area contributed by atoms with E-state index in [1.807, 2.05) is 4.90 Å². The molecule has 4 nitrogen and oxygen atoms in total. The summed E-state index contributed by atoms with van der Waals surface area (Å²) in [6.45, 7) is 5.97. The summed E-state index contributed by atoms with van der Waals surface area (Å²) in [5, 5.41) is 0. The van der Waals surface area contributed by atoms with Gasteiger partial charge in [-0.2, -0.15) is 0 Å². The number of benzene rings is 1. The van der Waals surface area contributed by atoms with Crippen LogP contribution in [0.25, 0.3) is 0 Å². The minimum Gasteiger partial charge on any atom is -0.368 e. The van der Waals surface area contributed by atoms with Gasteiger partial charge in [-0.25, -0.2) is 0 Å². The van der Waals surface area contributed by atoms with Crippen LogP contribution in [0.3, 0.4) is 0 Å². The third kappa shape index (κ3) is 3.90. The van der Waals surface area contributed by atoms with Gasteiger partial charge < -0.3 is 9.64 Å². The van der Waals surface area contributed by atoms with Crippen molar-refractivity contribution in [3.63, 3.8) is 0 Å². The summed E-state index contributed by atoms with van der Waals surface area (Å²) in [6, 6.07) is 10.7. The Labute approximate surface area is 151 Å². The van der Waals surface area contributed by atoms with Crippen LogP contribution >= 0.6 is 0 Å². The van der Waals surface area contributed by atoms with Crippen LogP contribution in [0.5, 0.6) is 0 Å². The van der Waals surface area contributed by atoms with Crippen LogP contribution < -0.4 is 0 Å². The van der Waals surface area contributed by atoms with Crippen molar-refractivity contribution in [1.82, 2.24) is 9.80 Å². The molecular formula is C21H30N2O2. The van der Waals surface area contributed by atoms with E-state index in [4.69, 9.17) is 4.74 Å². The molecule has 0 radical (unpaired) electrons. The van der Waals surface area contributed by atoms with E-state index in [0.29, 0.717) is 5.41 Å². The van der Waals surface area contributed by atoms with Gasteiger partial charge in [0.15, 0.2) is 0 Å². The van der Waals surface area contributed by atoms with Gasteiger partial charge in [0.05, 0.1) is 6.61 Å². The van der Waals surface area contributed by atoms with Crippen LogP contribution in [-0.4, -0.2) is 54.6 Å². The number of likely N-dealkylation sites (tertiary alicyclic amines) is 2. The molecular weight excluding hydrogens is 312 g/mol. The number of piperidine rings is 1. The van der Waals surface area contributed by atoms with Gasteiger partial charge in [0.25, 0.3) is 5.91 Å². The zero-order chi connectivity index (χ0) is 17.1. The van der Waals surface area contributed by atoms with Crippen molar-refractivity contribution in [3.8, 4) is 0 Å². The molecule has 0 N–H and O–H groups in total. The number of ether oxygens (including phenoxy) is 1. The third-order valence-electron chi connectivity index (χ3n) is 6.39. The first kappa shape index (κ1) is 17.0. The maximum atomic E-state index is 12.5. The fourth-order valence-electron chi connectivity index (χ4n) is 4.63. The molecule has 3 saturated heterocycles. The Kier molecular flexibility index (Phi) is 5.09. The molecule has 0 bridgehead atoms. The molecule has 0 aliphatic carbocycles. The van der Waals surface area contributed by atoms with Gasteiger partial charge in [-0.05, 0) is 62.6 Å². The summed E-state index contributed by atoms with van der Waals surface area (Å²) in [5.74, 6) is 0.244. The molecule has 1 aromatic carbocycles. The average Bonchev–Trinajstić information content (AvgIpc) is 3.20. The molecule has 3 aliphatic rings. The van der Waals surface area contributed by atoms with E-state index in [1.165, 1.54) is 18.4 Å². The zero-order valence-electron chi connectivity index (χ0n) is 15.2. The van der Waals surface area contributed by atoms with E-state index in [0.717, 1.165) is 65.0 Å². The van der Waals surface area contributed by atoms with Crippen LogP contribution in [0.1, 0.15) is 44.1 Å². The maximum absolute atomic E-state index is 12.5. The van der Waals surface area contributed by atoms with Crippen molar-refractivity contribution in [3.05, 3.63) is 35.9 Å². The first-order valence-electron chi connectivity index (χ1n) is 9.91. The molecule has 0 saturated carbocycles. The topological polar surface area (TPSA) is 32.8 Å². The summed E-state index contributed by atoms with van der Waals surface area (Å²) < 4.78 is 6.09. The quantitative estimate of drug-likeness (QED) is 0.846. The van der Waals surface area contributed by atoms with Crippen LogP contribution in [0.2, 0.25) is 0 Å². The van der Waals surface area contributed by atoms with E-state index in [2.05, 4.69) is 35.2 Å². The van der Waals surface area contributed by atoms with E-state index >= 15 is 0 Å². The van der Waals surface area contributed by atoms with Crippen molar-refractivity contribution < 1.29 is 9.53 Å². The number of carbonyl (C=O) groups excluding carboxylic acids is 1. The molecule has 136 valence electrons. The molecule has 1 spiro atoms. The predicted molar refractivity (Wildman–Crippen MR) is 98.2 cm³/mol. The van der Waals surface area contributed by atoms with Crippen LogP contribution in [0, 0.1) is 5.41 Å². The Morgan fingerprint density at radius 3 is 2.40 bits per heavy atom. The second kappa shape index (κ2) is 7.46. The van der Waals surface area contributed by atoms with E-state index in [-0.39, 0.29) is 12.0 Å². The summed E-state index contributed by atoms with van der Waals surface area (Å²) in [7, 11) is 0. The average molecular weight is 342 g/mol. The number of rotatable bonds is 3. The second-order valence-corrected chi connectivity index (χ2v) is 8.13. The zero-order valence-corrected chi connectivity index (χ0v) is 15.2. The van der Waals surface area contributed by atoms with Crippen molar-refractivity contribution in [1.29, 1.82) is 0 Å².